The van der Waals surface area contributed by atoms with E-state index in [1.54, 1.807) is 6.92 Å². The third kappa shape index (κ3) is 4.18. The maximum atomic E-state index is 12.1. The van der Waals surface area contributed by atoms with Gasteiger partial charge < -0.3 is 14.4 Å². The Hall–Kier alpha value is -1.14. The largest absolute Gasteiger partial charge is 0.466 e. The Kier molecular flexibility index (Phi) is 5.79. The second-order valence-corrected chi connectivity index (χ2v) is 5.24. The number of esters is 1. The number of ether oxygens (including phenoxy) is 2. The third-order valence-electron chi connectivity index (χ3n) is 3.93. The molecule has 6 heteroatoms. The fourth-order valence-electron chi connectivity index (χ4n) is 2.81. The summed E-state index contributed by atoms with van der Waals surface area (Å²) in [4.78, 5) is 27.6. The lowest BCUT2D eigenvalue weighted by Crippen LogP contribution is -2.45. The van der Waals surface area contributed by atoms with Crippen molar-refractivity contribution in [2.45, 2.75) is 32.2 Å². The van der Waals surface area contributed by atoms with Crippen LogP contribution in [0.3, 0.4) is 0 Å². The number of morpholine rings is 1. The van der Waals surface area contributed by atoms with Crippen molar-refractivity contribution in [3.63, 3.8) is 0 Å². The number of rotatable bonds is 5. The highest BCUT2D eigenvalue weighted by Gasteiger charge is 2.31. The average molecular weight is 284 g/mol. The molecule has 2 aliphatic heterocycles. The number of amides is 1. The van der Waals surface area contributed by atoms with Crippen molar-refractivity contribution in [3.8, 4) is 0 Å². The van der Waals surface area contributed by atoms with E-state index in [9.17, 15) is 9.59 Å². The van der Waals surface area contributed by atoms with Gasteiger partial charge in [0, 0.05) is 38.6 Å². The summed E-state index contributed by atoms with van der Waals surface area (Å²) >= 11 is 0. The lowest BCUT2D eigenvalue weighted by atomic mass is 10.2. The lowest BCUT2D eigenvalue weighted by Gasteiger charge is -2.32. The van der Waals surface area contributed by atoms with Gasteiger partial charge in [-0.25, -0.2) is 0 Å². The molecule has 2 rings (SSSR count). The van der Waals surface area contributed by atoms with Crippen LogP contribution in [-0.2, 0) is 19.1 Å². The standard InChI is InChI=1S/C14H24N2O4/c1-2-20-14(18)4-3-13(17)16-6-5-12(11-16)15-7-9-19-10-8-15/h12H,2-11H2,1H3. The molecule has 2 heterocycles. The van der Waals surface area contributed by atoms with E-state index in [-0.39, 0.29) is 24.7 Å². The molecule has 1 unspecified atom stereocenters. The molecule has 1 atom stereocenters. The van der Waals surface area contributed by atoms with Crippen molar-refractivity contribution in [1.29, 1.82) is 0 Å². The predicted molar refractivity (Wildman–Crippen MR) is 73.2 cm³/mol. The number of carbonyl (C=O) groups is 2. The highest BCUT2D eigenvalue weighted by molar-refractivity contribution is 5.81. The van der Waals surface area contributed by atoms with Gasteiger partial charge in [0.2, 0.25) is 5.91 Å². The van der Waals surface area contributed by atoms with Crippen molar-refractivity contribution < 1.29 is 19.1 Å². The SMILES string of the molecule is CCOC(=O)CCC(=O)N1CCC(N2CCOCC2)C1. The van der Waals surface area contributed by atoms with Gasteiger partial charge in [0.1, 0.15) is 0 Å². The summed E-state index contributed by atoms with van der Waals surface area (Å²) in [5.74, 6) is -0.224. The zero-order valence-electron chi connectivity index (χ0n) is 12.2. The van der Waals surface area contributed by atoms with Crippen molar-refractivity contribution in [2.24, 2.45) is 0 Å². The Labute approximate surface area is 120 Å². The summed E-state index contributed by atoms with van der Waals surface area (Å²) in [5.41, 5.74) is 0. The topological polar surface area (TPSA) is 59.1 Å². The van der Waals surface area contributed by atoms with Gasteiger partial charge in [0.15, 0.2) is 0 Å². The molecule has 0 bridgehead atoms. The predicted octanol–water partition coefficient (Wildman–Crippen LogP) is 0.263. The smallest absolute Gasteiger partial charge is 0.306 e. The Morgan fingerprint density at radius 3 is 2.65 bits per heavy atom. The van der Waals surface area contributed by atoms with Gasteiger partial charge in [-0.15, -0.1) is 0 Å². The molecule has 2 fully saturated rings. The summed E-state index contributed by atoms with van der Waals surface area (Å²) in [6, 6.07) is 0.449. The van der Waals surface area contributed by atoms with Crippen molar-refractivity contribution in [2.75, 3.05) is 46.0 Å². The molecule has 0 saturated carbocycles. The minimum atomic E-state index is -0.287. The molecule has 0 N–H and O–H groups in total. The van der Waals surface area contributed by atoms with Crippen LogP contribution in [0, 0.1) is 0 Å². The van der Waals surface area contributed by atoms with Gasteiger partial charge in [0.25, 0.3) is 0 Å². The maximum Gasteiger partial charge on any atom is 0.306 e. The fourth-order valence-corrected chi connectivity index (χ4v) is 2.81. The fraction of sp³-hybridized carbons (Fsp3) is 0.857. The average Bonchev–Trinajstić information content (AvgIpc) is 2.96. The first-order valence-corrected chi connectivity index (χ1v) is 7.46. The summed E-state index contributed by atoms with van der Waals surface area (Å²) in [6.45, 7) is 7.19. The first-order valence-electron chi connectivity index (χ1n) is 7.46. The molecule has 6 nitrogen and oxygen atoms in total. The van der Waals surface area contributed by atoms with E-state index in [1.165, 1.54) is 0 Å². The molecular formula is C14H24N2O4. The molecule has 0 aromatic carbocycles. The van der Waals surface area contributed by atoms with Gasteiger partial charge in [-0.05, 0) is 13.3 Å². The Morgan fingerprint density at radius 2 is 1.95 bits per heavy atom. The quantitative estimate of drug-likeness (QED) is 0.678. The highest BCUT2D eigenvalue weighted by atomic mass is 16.5. The van der Waals surface area contributed by atoms with E-state index < -0.39 is 0 Å². The second-order valence-electron chi connectivity index (χ2n) is 5.24. The zero-order valence-corrected chi connectivity index (χ0v) is 12.2. The van der Waals surface area contributed by atoms with Gasteiger partial charge in [-0.2, -0.15) is 0 Å². The summed E-state index contributed by atoms with van der Waals surface area (Å²) in [5, 5.41) is 0. The molecule has 0 spiro atoms. The third-order valence-corrected chi connectivity index (χ3v) is 3.93. The minimum Gasteiger partial charge on any atom is -0.466 e. The second kappa shape index (κ2) is 7.59. The Bertz CT molecular complexity index is 342. The van der Waals surface area contributed by atoms with Gasteiger partial charge in [0.05, 0.1) is 26.2 Å². The summed E-state index contributed by atoms with van der Waals surface area (Å²) < 4.78 is 10.2. The minimum absolute atomic E-state index is 0.0637. The van der Waals surface area contributed by atoms with Crippen molar-refractivity contribution in [3.05, 3.63) is 0 Å². The van der Waals surface area contributed by atoms with Crippen LogP contribution in [0.25, 0.3) is 0 Å². The van der Waals surface area contributed by atoms with Crippen LogP contribution in [0.2, 0.25) is 0 Å². The van der Waals surface area contributed by atoms with Crippen molar-refractivity contribution in [1.82, 2.24) is 9.80 Å². The molecule has 2 aliphatic rings. The van der Waals surface area contributed by atoms with E-state index >= 15 is 0 Å². The number of nitrogens with zero attached hydrogens (tertiary/aromatic N) is 2. The highest BCUT2D eigenvalue weighted by Crippen LogP contribution is 2.18. The molecule has 20 heavy (non-hydrogen) atoms. The number of likely N-dealkylation sites (tertiary alicyclic amines) is 1. The summed E-state index contributed by atoms with van der Waals surface area (Å²) in [6.07, 6.45) is 1.46. The Balaban J connectivity index is 1.71. The van der Waals surface area contributed by atoms with Crippen LogP contribution in [0.4, 0.5) is 0 Å². The molecule has 2 saturated heterocycles. The first kappa shape index (κ1) is 15.3. The van der Waals surface area contributed by atoms with Gasteiger partial charge in [-0.3, -0.25) is 14.5 Å². The summed E-state index contributed by atoms with van der Waals surface area (Å²) in [7, 11) is 0. The van der Waals surface area contributed by atoms with Crippen LogP contribution in [-0.4, -0.2) is 73.7 Å². The van der Waals surface area contributed by atoms with Crippen LogP contribution in [0.5, 0.6) is 0 Å². The molecular weight excluding hydrogens is 260 g/mol. The zero-order chi connectivity index (χ0) is 14.4. The van der Waals surface area contributed by atoms with E-state index in [0.717, 1.165) is 45.8 Å². The molecule has 0 aliphatic carbocycles. The van der Waals surface area contributed by atoms with Crippen LogP contribution >= 0.6 is 0 Å². The van der Waals surface area contributed by atoms with E-state index in [2.05, 4.69) is 4.90 Å². The van der Waals surface area contributed by atoms with E-state index in [0.29, 0.717) is 12.6 Å². The number of hydrogen-bond acceptors (Lipinski definition) is 5. The molecule has 114 valence electrons. The van der Waals surface area contributed by atoms with Crippen LogP contribution < -0.4 is 0 Å². The number of carbonyl (C=O) groups excluding carboxylic acids is 2. The lowest BCUT2D eigenvalue weighted by molar-refractivity contribution is -0.145. The van der Waals surface area contributed by atoms with Crippen molar-refractivity contribution >= 4 is 11.9 Å². The molecule has 0 aromatic rings. The molecule has 1 amide bonds. The monoisotopic (exact) mass is 284 g/mol. The molecule has 0 aromatic heterocycles. The van der Waals surface area contributed by atoms with Crippen LogP contribution in [0.1, 0.15) is 26.2 Å². The first-order chi connectivity index (χ1) is 9.70. The van der Waals surface area contributed by atoms with Gasteiger partial charge >= 0.3 is 5.97 Å². The van der Waals surface area contributed by atoms with Gasteiger partial charge in [-0.1, -0.05) is 0 Å². The molecule has 0 radical (unpaired) electrons. The van der Waals surface area contributed by atoms with Crippen LogP contribution in [0.15, 0.2) is 0 Å². The number of hydrogen-bond donors (Lipinski definition) is 0. The normalized spacial score (nSPS) is 23.9. The van der Waals surface area contributed by atoms with E-state index in [4.69, 9.17) is 9.47 Å². The van der Waals surface area contributed by atoms with E-state index in [1.807, 2.05) is 4.90 Å². The maximum absolute atomic E-state index is 12.1. The Morgan fingerprint density at radius 1 is 1.20 bits per heavy atom.